The van der Waals surface area contributed by atoms with Crippen molar-refractivity contribution in [3.63, 3.8) is 0 Å². The fraction of sp³-hybridized carbons (Fsp3) is 0.538. The van der Waals surface area contributed by atoms with Crippen molar-refractivity contribution >= 4 is 17.1 Å². The zero-order chi connectivity index (χ0) is 14.4. The first-order valence-electron chi connectivity index (χ1n) is 6.45. The lowest BCUT2D eigenvalue weighted by molar-refractivity contribution is -0.384. The number of nitrogen functional groups attached to an aromatic ring is 1. The van der Waals surface area contributed by atoms with Crippen molar-refractivity contribution in [1.82, 2.24) is 0 Å². The first kappa shape index (κ1) is 15.2. The number of nitro groups is 1. The summed E-state index contributed by atoms with van der Waals surface area (Å²) in [7, 11) is 0. The Labute approximate surface area is 112 Å². The molecule has 0 spiro atoms. The Morgan fingerprint density at radius 3 is 2.53 bits per heavy atom. The summed E-state index contributed by atoms with van der Waals surface area (Å²) in [5.74, 6) is 0.242. The third-order valence-electron chi connectivity index (χ3n) is 3.34. The molecule has 1 rings (SSSR count). The molecule has 0 saturated carbocycles. The minimum Gasteiger partial charge on any atom is -0.397 e. The molecule has 6 nitrogen and oxygen atoms in total. The highest BCUT2D eigenvalue weighted by Crippen LogP contribution is 2.24. The summed E-state index contributed by atoms with van der Waals surface area (Å²) in [6.07, 6.45) is 1.37. The molecular formula is C13H21N3O3. The number of nitrogens with two attached hydrogens (primary N) is 1. The second-order valence-corrected chi connectivity index (χ2v) is 4.55. The van der Waals surface area contributed by atoms with Gasteiger partial charge < -0.3 is 16.2 Å². The number of aliphatic hydroxyl groups is 1. The van der Waals surface area contributed by atoms with E-state index in [9.17, 15) is 15.2 Å². The Morgan fingerprint density at radius 1 is 1.42 bits per heavy atom. The fourth-order valence-electron chi connectivity index (χ4n) is 2.04. The molecule has 0 aromatic heterocycles. The van der Waals surface area contributed by atoms with Gasteiger partial charge in [0.1, 0.15) is 0 Å². The van der Waals surface area contributed by atoms with Gasteiger partial charge >= 0.3 is 0 Å². The molecule has 19 heavy (non-hydrogen) atoms. The van der Waals surface area contributed by atoms with Gasteiger partial charge in [0, 0.05) is 18.7 Å². The first-order chi connectivity index (χ1) is 8.99. The third kappa shape index (κ3) is 4.10. The first-order valence-corrected chi connectivity index (χ1v) is 6.45. The van der Waals surface area contributed by atoms with E-state index in [1.54, 1.807) is 6.07 Å². The van der Waals surface area contributed by atoms with Crippen LogP contribution in [0.25, 0.3) is 0 Å². The van der Waals surface area contributed by atoms with Crippen LogP contribution in [0, 0.1) is 16.0 Å². The van der Waals surface area contributed by atoms with E-state index < -0.39 is 11.0 Å². The second-order valence-electron chi connectivity index (χ2n) is 4.55. The number of hydrogen-bond donors (Lipinski definition) is 3. The molecule has 0 radical (unpaired) electrons. The molecule has 1 aromatic carbocycles. The summed E-state index contributed by atoms with van der Waals surface area (Å²) in [5.41, 5.74) is 6.62. The van der Waals surface area contributed by atoms with Gasteiger partial charge in [0.15, 0.2) is 0 Å². The summed E-state index contributed by atoms with van der Waals surface area (Å²) >= 11 is 0. The minimum atomic E-state index is -0.487. The van der Waals surface area contributed by atoms with Gasteiger partial charge in [-0.05, 0) is 12.0 Å². The van der Waals surface area contributed by atoms with E-state index in [1.807, 2.05) is 13.8 Å². The van der Waals surface area contributed by atoms with Crippen LogP contribution in [-0.4, -0.2) is 22.7 Å². The number of nitro benzene ring substituents is 1. The molecule has 6 heteroatoms. The zero-order valence-electron chi connectivity index (χ0n) is 11.3. The molecule has 0 amide bonds. The van der Waals surface area contributed by atoms with Crippen molar-refractivity contribution < 1.29 is 10.0 Å². The normalized spacial score (nSPS) is 12.4. The lowest BCUT2D eigenvalue weighted by atomic mass is 9.96. The van der Waals surface area contributed by atoms with Crippen molar-refractivity contribution in [2.45, 2.75) is 32.8 Å². The molecule has 1 unspecified atom stereocenters. The maximum atomic E-state index is 10.6. The minimum absolute atomic E-state index is 0.0383. The fourth-order valence-corrected chi connectivity index (χ4v) is 2.04. The predicted octanol–water partition coefficient (Wildman–Crippen LogP) is 2.39. The van der Waals surface area contributed by atoms with Crippen LogP contribution in [0.1, 0.15) is 26.7 Å². The van der Waals surface area contributed by atoms with Crippen LogP contribution in [0.3, 0.4) is 0 Å². The number of nitrogens with one attached hydrogen (secondary N) is 1. The molecular weight excluding hydrogens is 246 g/mol. The zero-order valence-corrected chi connectivity index (χ0v) is 11.3. The standard InChI is InChI=1S/C13H21N3O3/c1-3-9(4-2)13(17)8-15-12-6-5-10(16(18)19)7-11(12)14/h5-7,9,13,15,17H,3-4,8,14H2,1-2H3. The number of non-ortho nitro benzene ring substituents is 1. The highest BCUT2D eigenvalue weighted by molar-refractivity contribution is 5.69. The van der Waals surface area contributed by atoms with Crippen LogP contribution in [-0.2, 0) is 0 Å². The van der Waals surface area contributed by atoms with Crippen molar-refractivity contribution in [2.75, 3.05) is 17.6 Å². The average molecular weight is 267 g/mol. The Morgan fingerprint density at radius 2 is 2.05 bits per heavy atom. The van der Waals surface area contributed by atoms with E-state index >= 15 is 0 Å². The van der Waals surface area contributed by atoms with E-state index in [2.05, 4.69) is 5.32 Å². The maximum Gasteiger partial charge on any atom is 0.271 e. The van der Waals surface area contributed by atoms with Crippen LogP contribution in [0.4, 0.5) is 17.1 Å². The largest absolute Gasteiger partial charge is 0.397 e. The topological polar surface area (TPSA) is 101 Å². The van der Waals surface area contributed by atoms with E-state index in [-0.39, 0.29) is 11.6 Å². The van der Waals surface area contributed by atoms with Gasteiger partial charge in [-0.25, -0.2) is 0 Å². The number of anilines is 2. The van der Waals surface area contributed by atoms with Crippen LogP contribution in [0.15, 0.2) is 18.2 Å². The van der Waals surface area contributed by atoms with Gasteiger partial charge in [-0.2, -0.15) is 0 Å². The number of rotatable bonds is 7. The summed E-state index contributed by atoms with van der Waals surface area (Å²) in [6.45, 7) is 4.46. The van der Waals surface area contributed by atoms with Crippen molar-refractivity contribution in [3.8, 4) is 0 Å². The lowest BCUT2D eigenvalue weighted by Gasteiger charge is -2.21. The molecule has 0 aliphatic rings. The van der Waals surface area contributed by atoms with Crippen molar-refractivity contribution in [2.24, 2.45) is 5.92 Å². The van der Waals surface area contributed by atoms with Gasteiger partial charge in [-0.1, -0.05) is 26.7 Å². The second kappa shape index (κ2) is 6.94. The van der Waals surface area contributed by atoms with Crippen molar-refractivity contribution in [1.29, 1.82) is 0 Å². The molecule has 0 saturated heterocycles. The number of nitrogens with zero attached hydrogens (tertiary/aromatic N) is 1. The highest BCUT2D eigenvalue weighted by Gasteiger charge is 2.16. The number of aliphatic hydroxyl groups excluding tert-OH is 1. The average Bonchev–Trinajstić information content (AvgIpc) is 2.38. The van der Waals surface area contributed by atoms with E-state index in [1.165, 1.54) is 12.1 Å². The molecule has 106 valence electrons. The van der Waals surface area contributed by atoms with E-state index in [0.717, 1.165) is 12.8 Å². The maximum absolute atomic E-state index is 10.6. The van der Waals surface area contributed by atoms with Crippen LogP contribution >= 0.6 is 0 Å². The Bertz CT molecular complexity index is 433. The van der Waals surface area contributed by atoms with Gasteiger partial charge in [0.25, 0.3) is 5.69 Å². The van der Waals surface area contributed by atoms with Gasteiger partial charge in [-0.15, -0.1) is 0 Å². The molecule has 0 aliphatic heterocycles. The predicted molar refractivity (Wildman–Crippen MR) is 76.1 cm³/mol. The lowest BCUT2D eigenvalue weighted by Crippen LogP contribution is -2.27. The number of benzene rings is 1. The molecule has 0 bridgehead atoms. The third-order valence-corrected chi connectivity index (χ3v) is 3.34. The molecule has 1 atom stereocenters. The smallest absolute Gasteiger partial charge is 0.271 e. The van der Waals surface area contributed by atoms with Gasteiger partial charge in [-0.3, -0.25) is 10.1 Å². The molecule has 0 fully saturated rings. The Kier molecular flexibility index (Phi) is 5.57. The number of hydrogen-bond acceptors (Lipinski definition) is 5. The quantitative estimate of drug-likeness (QED) is 0.400. The van der Waals surface area contributed by atoms with Crippen LogP contribution < -0.4 is 11.1 Å². The summed E-state index contributed by atoms with van der Waals surface area (Å²) in [4.78, 5) is 10.1. The van der Waals surface area contributed by atoms with E-state index in [0.29, 0.717) is 17.9 Å². The SMILES string of the molecule is CCC(CC)C(O)CNc1ccc([N+](=O)[O-])cc1N. The highest BCUT2D eigenvalue weighted by atomic mass is 16.6. The van der Waals surface area contributed by atoms with Gasteiger partial charge in [0.05, 0.1) is 22.4 Å². The van der Waals surface area contributed by atoms with Crippen LogP contribution in [0.2, 0.25) is 0 Å². The summed E-state index contributed by atoms with van der Waals surface area (Å²) in [5, 5.41) is 23.6. The Hall–Kier alpha value is -1.82. The molecule has 0 aliphatic carbocycles. The molecule has 1 aromatic rings. The summed E-state index contributed by atoms with van der Waals surface area (Å²) in [6, 6.07) is 4.27. The Balaban J connectivity index is 2.65. The van der Waals surface area contributed by atoms with E-state index in [4.69, 9.17) is 5.73 Å². The molecule has 0 heterocycles. The van der Waals surface area contributed by atoms with Crippen LogP contribution in [0.5, 0.6) is 0 Å². The van der Waals surface area contributed by atoms with Crippen molar-refractivity contribution in [3.05, 3.63) is 28.3 Å². The van der Waals surface area contributed by atoms with Gasteiger partial charge in [0.2, 0.25) is 0 Å². The monoisotopic (exact) mass is 267 g/mol. The summed E-state index contributed by atoms with van der Waals surface area (Å²) < 4.78 is 0. The molecule has 4 N–H and O–H groups in total.